The molecule has 2 N–H and O–H groups in total. The van der Waals surface area contributed by atoms with Crippen LogP contribution in [0.15, 0.2) is 12.1 Å². The number of hydrogen-bond donors (Lipinski definition) is 1. The Morgan fingerprint density at radius 1 is 1.24 bits per heavy atom. The zero-order valence-corrected chi connectivity index (χ0v) is 14.3. The van der Waals surface area contributed by atoms with Crippen LogP contribution in [0.25, 0.3) is 0 Å². The van der Waals surface area contributed by atoms with Crippen LogP contribution in [0.4, 0.5) is 0 Å². The van der Waals surface area contributed by atoms with E-state index in [9.17, 15) is 0 Å². The summed E-state index contributed by atoms with van der Waals surface area (Å²) in [5.74, 6) is 0. The number of likely N-dealkylation sites (N-methyl/N-ethyl adjacent to an activating group) is 1. The van der Waals surface area contributed by atoms with Crippen LogP contribution in [0.3, 0.4) is 0 Å². The standard InChI is InChI=1S/C18H31N3/c1-13-9-14(2)18(15(3)10-13)17(19)12-21-8-6-7-16(21)11-20(4)5/h9-10,16-17H,6-8,11-12,19H2,1-5H3. The molecule has 0 aliphatic carbocycles. The molecule has 0 spiro atoms. The topological polar surface area (TPSA) is 32.5 Å². The molecule has 1 fully saturated rings. The number of hydrogen-bond acceptors (Lipinski definition) is 3. The molecular weight excluding hydrogens is 258 g/mol. The quantitative estimate of drug-likeness (QED) is 0.904. The van der Waals surface area contributed by atoms with Gasteiger partial charge in [-0.25, -0.2) is 0 Å². The van der Waals surface area contributed by atoms with E-state index in [1.165, 1.54) is 41.6 Å². The lowest BCUT2D eigenvalue weighted by Crippen LogP contribution is -2.41. The maximum atomic E-state index is 6.56. The maximum absolute atomic E-state index is 6.56. The fourth-order valence-corrected chi connectivity index (χ4v) is 3.88. The molecule has 1 aromatic rings. The Balaban J connectivity index is 2.09. The number of benzene rings is 1. The Morgan fingerprint density at radius 2 is 1.86 bits per heavy atom. The largest absolute Gasteiger partial charge is 0.323 e. The van der Waals surface area contributed by atoms with Crippen molar-refractivity contribution in [1.29, 1.82) is 0 Å². The molecule has 1 saturated heterocycles. The Hall–Kier alpha value is -0.900. The summed E-state index contributed by atoms with van der Waals surface area (Å²) in [5.41, 5.74) is 11.9. The van der Waals surface area contributed by atoms with Crippen molar-refractivity contribution in [1.82, 2.24) is 9.80 Å². The molecule has 0 aromatic heterocycles. The van der Waals surface area contributed by atoms with E-state index in [0.29, 0.717) is 6.04 Å². The Morgan fingerprint density at radius 3 is 2.43 bits per heavy atom. The van der Waals surface area contributed by atoms with Gasteiger partial charge in [0.1, 0.15) is 0 Å². The van der Waals surface area contributed by atoms with Crippen LogP contribution in [-0.2, 0) is 0 Å². The Kier molecular flexibility index (Phi) is 5.42. The van der Waals surface area contributed by atoms with Crippen LogP contribution in [0.2, 0.25) is 0 Å². The molecule has 2 atom stereocenters. The van der Waals surface area contributed by atoms with Crippen LogP contribution in [0.1, 0.15) is 41.1 Å². The minimum absolute atomic E-state index is 0.119. The summed E-state index contributed by atoms with van der Waals surface area (Å²) in [6, 6.07) is 5.29. The van der Waals surface area contributed by atoms with Crippen molar-refractivity contribution in [2.45, 2.75) is 45.7 Å². The third kappa shape index (κ3) is 4.06. The summed E-state index contributed by atoms with van der Waals surface area (Å²) in [6.07, 6.45) is 2.61. The lowest BCUT2D eigenvalue weighted by Gasteiger charge is -2.30. The van der Waals surface area contributed by atoms with Gasteiger partial charge < -0.3 is 10.6 Å². The summed E-state index contributed by atoms with van der Waals surface area (Å²) in [5, 5.41) is 0. The maximum Gasteiger partial charge on any atom is 0.0429 e. The lowest BCUT2D eigenvalue weighted by atomic mass is 9.94. The molecule has 1 aliphatic rings. The van der Waals surface area contributed by atoms with E-state index in [0.717, 1.165) is 13.1 Å². The van der Waals surface area contributed by atoms with E-state index in [4.69, 9.17) is 5.73 Å². The highest BCUT2D eigenvalue weighted by Crippen LogP contribution is 2.26. The van der Waals surface area contributed by atoms with Crippen molar-refractivity contribution < 1.29 is 0 Å². The molecule has 0 saturated carbocycles. The number of aryl methyl sites for hydroxylation is 3. The van der Waals surface area contributed by atoms with Crippen molar-refractivity contribution in [3.8, 4) is 0 Å². The van der Waals surface area contributed by atoms with Gasteiger partial charge in [0.2, 0.25) is 0 Å². The normalized spacial score (nSPS) is 21.2. The number of nitrogens with zero attached hydrogens (tertiary/aromatic N) is 2. The molecule has 0 bridgehead atoms. The average Bonchev–Trinajstić information content (AvgIpc) is 2.74. The van der Waals surface area contributed by atoms with Gasteiger partial charge in [-0.05, 0) is 70.9 Å². The molecule has 3 heteroatoms. The van der Waals surface area contributed by atoms with Crippen molar-refractivity contribution >= 4 is 0 Å². The number of likely N-dealkylation sites (tertiary alicyclic amines) is 1. The highest BCUT2D eigenvalue weighted by atomic mass is 15.2. The summed E-state index contributed by atoms with van der Waals surface area (Å²) < 4.78 is 0. The highest BCUT2D eigenvalue weighted by Gasteiger charge is 2.27. The van der Waals surface area contributed by atoms with Crippen molar-refractivity contribution in [3.05, 3.63) is 34.4 Å². The Bertz CT molecular complexity index is 458. The molecule has 3 nitrogen and oxygen atoms in total. The summed E-state index contributed by atoms with van der Waals surface area (Å²) in [6.45, 7) is 9.84. The highest BCUT2D eigenvalue weighted by molar-refractivity contribution is 5.39. The molecule has 0 amide bonds. The van der Waals surface area contributed by atoms with Gasteiger partial charge in [0.15, 0.2) is 0 Å². The SMILES string of the molecule is Cc1cc(C)c(C(N)CN2CCCC2CN(C)C)c(C)c1. The van der Waals surface area contributed by atoms with Crippen molar-refractivity contribution in [2.75, 3.05) is 33.7 Å². The molecule has 118 valence electrons. The predicted octanol–water partition coefficient (Wildman–Crippen LogP) is 2.64. The molecule has 21 heavy (non-hydrogen) atoms. The van der Waals surface area contributed by atoms with Crippen molar-refractivity contribution in [3.63, 3.8) is 0 Å². The zero-order chi connectivity index (χ0) is 15.6. The van der Waals surface area contributed by atoms with E-state index in [-0.39, 0.29) is 6.04 Å². The van der Waals surface area contributed by atoms with Gasteiger partial charge in [-0.15, -0.1) is 0 Å². The fourth-order valence-electron chi connectivity index (χ4n) is 3.88. The molecule has 2 rings (SSSR count). The van der Waals surface area contributed by atoms with Gasteiger partial charge >= 0.3 is 0 Å². The molecule has 1 aromatic carbocycles. The second-order valence-corrected chi connectivity index (χ2v) is 6.97. The number of rotatable bonds is 5. The molecule has 2 unspecified atom stereocenters. The van der Waals surface area contributed by atoms with Gasteiger partial charge in [0, 0.05) is 25.2 Å². The predicted molar refractivity (Wildman–Crippen MR) is 90.7 cm³/mol. The van der Waals surface area contributed by atoms with Crippen LogP contribution in [0.5, 0.6) is 0 Å². The first-order chi connectivity index (χ1) is 9.88. The minimum atomic E-state index is 0.119. The van der Waals surface area contributed by atoms with E-state index in [2.05, 4.69) is 56.8 Å². The summed E-state index contributed by atoms with van der Waals surface area (Å²) in [7, 11) is 4.31. The van der Waals surface area contributed by atoms with Gasteiger partial charge in [0.25, 0.3) is 0 Å². The lowest BCUT2D eigenvalue weighted by molar-refractivity contribution is 0.198. The van der Waals surface area contributed by atoms with E-state index >= 15 is 0 Å². The van der Waals surface area contributed by atoms with E-state index in [1.54, 1.807) is 0 Å². The molecule has 0 radical (unpaired) electrons. The summed E-state index contributed by atoms with van der Waals surface area (Å²) >= 11 is 0. The first-order valence-corrected chi connectivity index (χ1v) is 8.10. The van der Waals surface area contributed by atoms with Crippen molar-refractivity contribution in [2.24, 2.45) is 5.73 Å². The monoisotopic (exact) mass is 289 g/mol. The number of nitrogens with two attached hydrogens (primary N) is 1. The van der Waals surface area contributed by atoms with E-state index in [1.807, 2.05) is 0 Å². The van der Waals surface area contributed by atoms with Crippen LogP contribution >= 0.6 is 0 Å². The van der Waals surface area contributed by atoms with Crippen LogP contribution in [-0.4, -0.2) is 49.6 Å². The first kappa shape index (κ1) is 16.5. The second kappa shape index (κ2) is 6.91. The molecule has 1 aliphatic heterocycles. The second-order valence-electron chi connectivity index (χ2n) is 6.97. The van der Waals surface area contributed by atoms with Gasteiger partial charge in [0.05, 0.1) is 0 Å². The third-order valence-electron chi connectivity index (χ3n) is 4.61. The minimum Gasteiger partial charge on any atom is -0.323 e. The zero-order valence-electron chi connectivity index (χ0n) is 14.3. The fraction of sp³-hybridized carbons (Fsp3) is 0.667. The van der Waals surface area contributed by atoms with Crippen LogP contribution in [0, 0.1) is 20.8 Å². The van der Waals surface area contributed by atoms with Gasteiger partial charge in [-0.3, -0.25) is 4.90 Å². The molecule has 1 heterocycles. The third-order valence-corrected chi connectivity index (χ3v) is 4.61. The van der Waals surface area contributed by atoms with Gasteiger partial charge in [-0.2, -0.15) is 0 Å². The average molecular weight is 289 g/mol. The van der Waals surface area contributed by atoms with Gasteiger partial charge in [-0.1, -0.05) is 17.7 Å². The van der Waals surface area contributed by atoms with E-state index < -0.39 is 0 Å². The van der Waals surface area contributed by atoms with Crippen LogP contribution < -0.4 is 5.73 Å². The Labute approximate surface area is 130 Å². The first-order valence-electron chi connectivity index (χ1n) is 8.10. The smallest absolute Gasteiger partial charge is 0.0429 e. The summed E-state index contributed by atoms with van der Waals surface area (Å²) in [4.78, 5) is 4.88. The molecular formula is C18H31N3.